The molecule has 0 aliphatic carbocycles. The monoisotopic (exact) mass is 569 g/mol. The molecule has 4 aromatic rings. The van der Waals surface area contributed by atoms with E-state index in [1.54, 1.807) is 6.07 Å². The minimum Gasteiger partial charge on any atom is -0.350 e. The lowest BCUT2D eigenvalue weighted by molar-refractivity contribution is 0.0945. The molecule has 0 saturated carbocycles. The van der Waals surface area contributed by atoms with Crippen LogP contribution in [-0.4, -0.2) is 36.0 Å². The number of hydrogen-bond donors (Lipinski definition) is 4. The molecule has 0 unspecified atom stereocenters. The Bertz CT molecular complexity index is 1450. The van der Waals surface area contributed by atoms with Crippen LogP contribution in [0.4, 0.5) is 11.9 Å². The first-order chi connectivity index (χ1) is 20.1. The molecule has 0 saturated heterocycles. The molecule has 1 aromatic carbocycles. The van der Waals surface area contributed by atoms with Crippen molar-refractivity contribution in [2.24, 2.45) is 0 Å². The minimum atomic E-state index is -0.199. The number of nitrogens with one attached hydrogen (secondary N) is 4. The van der Waals surface area contributed by atoms with Gasteiger partial charge in [0.05, 0.1) is 0 Å². The van der Waals surface area contributed by atoms with Crippen molar-refractivity contribution in [2.75, 3.05) is 10.6 Å². The second-order valence-electron chi connectivity index (χ2n) is 10.7. The summed E-state index contributed by atoms with van der Waals surface area (Å²) in [5, 5.41) is 17.1. The van der Waals surface area contributed by atoms with Crippen LogP contribution in [0.3, 0.4) is 0 Å². The first kappa shape index (κ1) is 30.6. The van der Waals surface area contributed by atoms with Gasteiger partial charge in [0.25, 0.3) is 5.91 Å². The van der Waals surface area contributed by atoms with Crippen molar-refractivity contribution in [1.29, 1.82) is 0 Å². The Morgan fingerprint density at radius 3 is 1.38 bits per heavy atom. The van der Waals surface area contributed by atoms with Crippen LogP contribution in [0.2, 0.25) is 0 Å². The summed E-state index contributed by atoms with van der Waals surface area (Å²) in [6.45, 7) is 17.9. The van der Waals surface area contributed by atoms with Gasteiger partial charge in [-0.2, -0.15) is 5.10 Å². The smallest absolute Gasteiger partial charge is 0.272 e. The number of carbonyl (C=O) groups excluding carboxylic acids is 1. The molecule has 4 rings (SSSR count). The SMILES string of the molecule is CCc1c(CNC(=O)c2cc(C)[nH]n2)c(CC)c(CNc2nc(C)cc(C)n2)c(CC)c1CNc1nc(C)cc(C)n1. The van der Waals surface area contributed by atoms with Gasteiger partial charge in [-0.05, 0) is 105 Å². The molecule has 0 spiro atoms. The van der Waals surface area contributed by atoms with Crippen LogP contribution in [-0.2, 0) is 38.9 Å². The zero-order valence-corrected chi connectivity index (χ0v) is 26.1. The van der Waals surface area contributed by atoms with Gasteiger partial charge in [0.2, 0.25) is 11.9 Å². The summed E-state index contributed by atoms with van der Waals surface area (Å²) < 4.78 is 0. The Morgan fingerprint density at radius 1 is 0.619 bits per heavy atom. The van der Waals surface area contributed by atoms with Crippen molar-refractivity contribution in [2.45, 2.75) is 94.3 Å². The number of nitrogens with zero attached hydrogens (tertiary/aromatic N) is 5. The summed E-state index contributed by atoms with van der Waals surface area (Å²) in [5.41, 5.74) is 12.3. The third-order valence-electron chi connectivity index (χ3n) is 7.42. The van der Waals surface area contributed by atoms with E-state index >= 15 is 0 Å². The predicted molar refractivity (Wildman–Crippen MR) is 167 cm³/mol. The Balaban J connectivity index is 1.78. The molecule has 10 nitrogen and oxygen atoms in total. The van der Waals surface area contributed by atoms with Gasteiger partial charge < -0.3 is 16.0 Å². The summed E-state index contributed by atoms with van der Waals surface area (Å²) >= 11 is 0. The van der Waals surface area contributed by atoms with Gasteiger partial charge in [-0.3, -0.25) is 9.89 Å². The Labute approximate surface area is 248 Å². The zero-order valence-electron chi connectivity index (χ0n) is 26.1. The van der Waals surface area contributed by atoms with Crippen LogP contribution < -0.4 is 16.0 Å². The highest BCUT2D eigenvalue weighted by molar-refractivity contribution is 5.92. The fourth-order valence-electron chi connectivity index (χ4n) is 5.75. The Morgan fingerprint density at radius 2 is 1.02 bits per heavy atom. The van der Waals surface area contributed by atoms with Gasteiger partial charge in [-0.1, -0.05) is 20.8 Å². The second-order valence-corrected chi connectivity index (χ2v) is 10.7. The van der Waals surface area contributed by atoms with E-state index in [0.717, 1.165) is 53.3 Å². The number of aryl methyl sites for hydroxylation is 5. The molecule has 0 fully saturated rings. The quantitative estimate of drug-likeness (QED) is 0.179. The van der Waals surface area contributed by atoms with Gasteiger partial charge in [0.1, 0.15) is 5.69 Å². The molecule has 42 heavy (non-hydrogen) atoms. The van der Waals surface area contributed by atoms with Gasteiger partial charge in [-0.15, -0.1) is 0 Å². The van der Waals surface area contributed by atoms with Crippen LogP contribution in [0, 0.1) is 34.6 Å². The summed E-state index contributed by atoms with van der Waals surface area (Å²) in [6.07, 6.45) is 2.51. The molecule has 0 radical (unpaired) electrons. The van der Waals surface area contributed by atoms with E-state index in [0.29, 0.717) is 37.2 Å². The van der Waals surface area contributed by atoms with Crippen molar-refractivity contribution in [1.82, 2.24) is 35.5 Å². The van der Waals surface area contributed by atoms with Crippen LogP contribution >= 0.6 is 0 Å². The van der Waals surface area contributed by atoms with Crippen LogP contribution in [0.5, 0.6) is 0 Å². The number of rotatable bonds is 12. The van der Waals surface area contributed by atoms with E-state index in [1.807, 2.05) is 46.8 Å². The van der Waals surface area contributed by atoms with Gasteiger partial charge in [0, 0.05) is 48.1 Å². The topological polar surface area (TPSA) is 133 Å². The third-order valence-corrected chi connectivity index (χ3v) is 7.42. The zero-order chi connectivity index (χ0) is 30.4. The first-order valence-electron chi connectivity index (χ1n) is 14.7. The highest BCUT2D eigenvalue weighted by Gasteiger charge is 2.23. The lowest BCUT2D eigenvalue weighted by Gasteiger charge is -2.27. The summed E-state index contributed by atoms with van der Waals surface area (Å²) in [5.74, 6) is 1.03. The van der Waals surface area contributed by atoms with Gasteiger partial charge in [0.15, 0.2) is 0 Å². The normalized spacial score (nSPS) is 11.0. The lowest BCUT2D eigenvalue weighted by Crippen LogP contribution is -2.26. The second kappa shape index (κ2) is 13.5. The highest BCUT2D eigenvalue weighted by atomic mass is 16.1. The van der Waals surface area contributed by atoms with Gasteiger partial charge >= 0.3 is 0 Å². The largest absolute Gasteiger partial charge is 0.350 e. The molecule has 0 aliphatic rings. The van der Waals surface area contributed by atoms with Crippen molar-refractivity contribution in [3.05, 3.63) is 85.7 Å². The molecule has 222 valence electrons. The average molecular weight is 570 g/mol. The minimum absolute atomic E-state index is 0.199. The molecule has 1 amide bonds. The highest BCUT2D eigenvalue weighted by Crippen LogP contribution is 2.32. The van der Waals surface area contributed by atoms with Crippen molar-refractivity contribution >= 4 is 17.8 Å². The fraction of sp³-hybridized carbons (Fsp3) is 0.438. The van der Waals surface area contributed by atoms with Crippen LogP contribution in [0.15, 0.2) is 18.2 Å². The van der Waals surface area contributed by atoms with Gasteiger partial charge in [-0.25, -0.2) is 19.9 Å². The summed E-state index contributed by atoms with van der Waals surface area (Å²) in [6, 6.07) is 5.70. The number of hydrogen-bond acceptors (Lipinski definition) is 8. The molecule has 4 N–H and O–H groups in total. The third kappa shape index (κ3) is 7.10. The van der Waals surface area contributed by atoms with Crippen molar-refractivity contribution in [3.8, 4) is 0 Å². The van der Waals surface area contributed by atoms with Crippen molar-refractivity contribution in [3.63, 3.8) is 0 Å². The maximum Gasteiger partial charge on any atom is 0.272 e. The number of amides is 1. The van der Waals surface area contributed by atoms with E-state index in [1.165, 1.54) is 27.8 Å². The Kier molecular flexibility index (Phi) is 9.88. The van der Waals surface area contributed by atoms with E-state index < -0.39 is 0 Å². The standard InChI is InChI=1S/C32H43N9O/c1-9-23-26(15-33-30(42)29-14-22(8)40-41-29)24(10-2)28(17-35-32-38-20(6)13-21(7)39-32)25(11-3)27(23)16-34-31-36-18(4)12-19(5)37-31/h12-14H,9-11,15-17H2,1-8H3,(H,33,42)(H,40,41)(H,34,36,37)(H,35,38,39). The summed E-state index contributed by atoms with van der Waals surface area (Å²) in [7, 11) is 0. The van der Waals surface area contributed by atoms with E-state index in [4.69, 9.17) is 0 Å². The molecule has 10 heteroatoms. The van der Waals surface area contributed by atoms with Crippen LogP contribution in [0.1, 0.15) is 93.1 Å². The predicted octanol–water partition coefficient (Wildman–Crippen LogP) is 5.37. The van der Waals surface area contributed by atoms with E-state index in [-0.39, 0.29) is 5.91 Å². The molecular weight excluding hydrogens is 526 g/mol. The number of aromatic amines is 1. The van der Waals surface area contributed by atoms with Crippen molar-refractivity contribution < 1.29 is 4.79 Å². The average Bonchev–Trinajstić information content (AvgIpc) is 3.38. The molecule has 3 heterocycles. The fourth-order valence-corrected chi connectivity index (χ4v) is 5.75. The number of aromatic nitrogens is 6. The lowest BCUT2D eigenvalue weighted by atomic mass is 9.83. The number of benzene rings is 1. The Hall–Kier alpha value is -4.34. The molecule has 0 bridgehead atoms. The van der Waals surface area contributed by atoms with E-state index in [2.05, 4.69) is 66.9 Å². The number of anilines is 2. The molecule has 0 aliphatic heterocycles. The molecule has 3 aromatic heterocycles. The number of H-pyrrole nitrogens is 1. The first-order valence-corrected chi connectivity index (χ1v) is 14.7. The number of carbonyl (C=O) groups is 1. The van der Waals surface area contributed by atoms with Crippen LogP contribution in [0.25, 0.3) is 0 Å². The molecule has 0 atom stereocenters. The molecular formula is C32H43N9O. The maximum atomic E-state index is 13.0. The maximum absolute atomic E-state index is 13.0. The van der Waals surface area contributed by atoms with E-state index in [9.17, 15) is 4.79 Å². The summed E-state index contributed by atoms with van der Waals surface area (Å²) in [4.78, 5) is 31.5.